The van der Waals surface area contributed by atoms with Crippen molar-refractivity contribution in [2.75, 3.05) is 0 Å². The Kier molecular flexibility index (Phi) is 5.15. The van der Waals surface area contributed by atoms with E-state index in [-0.39, 0.29) is 5.92 Å². The highest BCUT2D eigenvalue weighted by molar-refractivity contribution is 5.52. The van der Waals surface area contributed by atoms with Crippen molar-refractivity contribution in [3.63, 3.8) is 0 Å². The fraction of sp³-hybridized carbons (Fsp3) is 0.316. The van der Waals surface area contributed by atoms with E-state index in [1.54, 1.807) is 0 Å². The van der Waals surface area contributed by atoms with Crippen LogP contribution < -0.4 is 4.74 Å². The molecule has 0 saturated carbocycles. The van der Waals surface area contributed by atoms with Crippen LogP contribution in [0.2, 0.25) is 0 Å². The number of carbonyl (C=O) groups is 1. The molecule has 0 aromatic heterocycles. The number of hydrogen-bond acceptors (Lipinski definition) is 2. The zero-order chi connectivity index (χ0) is 15.2. The first-order chi connectivity index (χ1) is 10.1. The fourth-order valence-corrected chi connectivity index (χ4v) is 2.51. The van der Waals surface area contributed by atoms with E-state index in [2.05, 4.69) is 45.0 Å². The Balaban J connectivity index is 2.15. The minimum atomic E-state index is 0.253. The first-order valence-corrected chi connectivity index (χ1v) is 7.33. The van der Waals surface area contributed by atoms with Crippen molar-refractivity contribution < 1.29 is 9.53 Å². The number of aryl methyl sites for hydroxylation is 2. The monoisotopic (exact) mass is 282 g/mol. The van der Waals surface area contributed by atoms with E-state index in [0.717, 1.165) is 28.7 Å². The Hall–Kier alpha value is -2.09. The summed E-state index contributed by atoms with van der Waals surface area (Å²) < 4.78 is 5.98. The molecule has 2 aromatic carbocycles. The molecule has 0 N–H and O–H groups in total. The minimum absolute atomic E-state index is 0.253. The van der Waals surface area contributed by atoms with Crippen LogP contribution in [0.25, 0.3) is 0 Å². The molecule has 0 aliphatic carbocycles. The van der Waals surface area contributed by atoms with Crippen molar-refractivity contribution >= 4 is 6.29 Å². The molecule has 2 heteroatoms. The van der Waals surface area contributed by atoms with Gasteiger partial charge in [-0.15, -0.1) is 0 Å². The average Bonchev–Trinajstić information content (AvgIpc) is 2.47. The number of hydrogen-bond donors (Lipinski definition) is 0. The van der Waals surface area contributed by atoms with Crippen molar-refractivity contribution in [1.29, 1.82) is 0 Å². The van der Waals surface area contributed by atoms with Crippen LogP contribution in [-0.2, 0) is 11.4 Å². The van der Waals surface area contributed by atoms with Crippen LogP contribution in [0.5, 0.6) is 5.75 Å². The molecule has 0 aliphatic rings. The maximum absolute atomic E-state index is 10.7. The van der Waals surface area contributed by atoms with E-state index in [1.165, 1.54) is 5.56 Å². The lowest BCUT2D eigenvalue weighted by molar-refractivity contribution is -0.108. The molecule has 21 heavy (non-hydrogen) atoms. The Morgan fingerprint density at radius 1 is 1.10 bits per heavy atom. The molecule has 110 valence electrons. The summed E-state index contributed by atoms with van der Waals surface area (Å²) >= 11 is 0. The molecule has 1 atom stereocenters. The maximum atomic E-state index is 10.7. The van der Waals surface area contributed by atoms with Crippen LogP contribution in [0, 0.1) is 13.8 Å². The second kappa shape index (κ2) is 7.07. The smallest absolute Gasteiger partial charge is 0.125 e. The number of ether oxygens (including phenoxy) is 1. The summed E-state index contributed by atoms with van der Waals surface area (Å²) in [6.45, 7) is 6.77. The van der Waals surface area contributed by atoms with E-state index in [9.17, 15) is 4.79 Å². The third-order valence-corrected chi connectivity index (χ3v) is 3.73. The molecule has 2 nitrogen and oxygen atoms in total. The lowest BCUT2D eigenvalue weighted by atomic mass is 9.94. The second-order valence-corrected chi connectivity index (χ2v) is 5.56. The van der Waals surface area contributed by atoms with Gasteiger partial charge < -0.3 is 9.53 Å². The molecule has 0 bridgehead atoms. The molecule has 0 radical (unpaired) electrons. The quantitative estimate of drug-likeness (QED) is 0.725. The number of aldehydes is 1. The summed E-state index contributed by atoms with van der Waals surface area (Å²) in [5.41, 5.74) is 4.61. The van der Waals surface area contributed by atoms with Gasteiger partial charge in [0.2, 0.25) is 0 Å². The van der Waals surface area contributed by atoms with Crippen molar-refractivity contribution in [3.8, 4) is 5.75 Å². The van der Waals surface area contributed by atoms with E-state index < -0.39 is 0 Å². The molecule has 0 amide bonds. The normalized spacial score (nSPS) is 12.0. The summed E-state index contributed by atoms with van der Waals surface area (Å²) in [5.74, 6) is 1.20. The number of carbonyl (C=O) groups excluding carboxylic acids is 1. The number of benzene rings is 2. The first-order valence-electron chi connectivity index (χ1n) is 7.33. The highest BCUT2D eigenvalue weighted by Gasteiger charge is 2.11. The molecular weight excluding hydrogens is 260 g/mol. The van der Waals surface area contributed by atoms with Gasteiger partial charge >= 0.3 is 0 Å². The van der Waals surface area contributed by atoms with Gasteiger partial charge in [0.1, 0.15) is 18.6 Å². The summed E-state index contributed by atoms with van der Waals surface area (Å²) in [6.07, 6.45) is 1.54. The Morgan fingerprint density at radius 2 is 1.71 bits per heavy atom. The molecule has 2 aromatic rings. The van der Waals surface area contributed by atoms with Crippen molar-refractivity contribution in [3.05, 3.63) is 64.7 Å². The lowest BCUT2D eigenvalue weighted by Crippen LogP contribution is -2.02. The first kappa shape index (κ1) is 15.3. The van der Waals surface area contributed by atoms with Gasteiger partial charge in [-0.2, -0.15) is 0 Å². The van der Waals surface area contributed by atoms with Crippen molar-refractivity contribution in [1.82, 2.24) is 0 Å². The standard InChI is InChI=1S/C19H22O2/c1-14(9-10-20)18-11-15(2)19(16(3)12-18)21-13-17-7-5-4-6-8-17/h4-8,10-12,14H,9,13H2,1-3H3. The molecule has 0 aliphatic heterocycles. The van der Waals surface area contributed by atoms with Crippen LogP contribution in [-0.4, -0.2) is 6.29 Å². The molecule has 0 heterocycles. The third-order valence-electron chi connectivity index (χ3n) is 3.73. The molecular formula is C19H22O2. The Bertz CT molecular complexity index is 579. The molecule has 0 spiro atoms. The van der Waals surface area contributed by atoms with Crippen LogP contribution in [0.1, 0.15) is 41.5 Å². The SMILES string of the molecule is Cc1cc(C(C)CC=O)cc(C)c1OCc1ccccc1. The zero-order valence-electron chi connectivity index (χ0n) is 12.9. The summed E-state index contributed by atoms with van der Waals surface area (Å²) in [7, 11) is 0. The maximum Gasteiger partial charge on any atom is 0.125 e. The van der Waals surface area contributed by atoms with Gasteiger partial charge in [-0.3, -0.25) is 0 Å². The zero-order valence-corrected chi connectivity index (χ0v) is 12.9. The Labute approximate surface area is 126 Å². The van der Waals surface area contributed by atoms with Crippen LogP contribution in [0.4, 0.5) is 0 Å². The van der Waals surface area contributed by atoms with E-state index >= 15 is 0 Å². The van der Waals surface area contributed by atoms with Gasteiger partial charge in [0.25, 0.3) is 0 Å². The third kappa shape index (κ3) is 3.94. The van der Waals surface area contributed by atoms with Gasteiger partial charge in [-0.25, -0.2) is 0 Å². The minimum Gasteiger partial charge on any atom is -0.488 e. The largest absolute Gasteiger partial charge is 0.488 e. The van der Waals surface area contributed by atoms with E-state index in [4.69, 9.17) is 4.74 Å². The predicted molar refractivity (Wildman–Crippen MR) is 85.8 cm³/mol. The van der Waals surface area contributed by atoms with E-state index in [1.807, 2.05) is 18.2 Å². The molecule has 2 rings (SSSR count). The summed E-state index contributed by atoms with van der Waals surface area (Å²) in [5, 5.41) is 0. The van der Waals surface area contributed by atoms with Gasteiger partial charge in [-0.1, -0.05) is 49.4 Å². The molecule has 1 unspecified atom stereocenters. The number of rotatable bonds is 6. The lowest BCUT2D eigenvalue weighted by Gasteiger charge is -2.16. The molecule has 0 saturated heterocycles. The van der Waals surface area contributed by atoms with Gasteiger partial charge in [0.15, 0.2) is 0 Å². The van der Waals surface area contributed by atoms with Gasteiger partial charge in [0, 0.05) is 6.42 Å². The Morgan fingerprint density at radius 3 is 2.29 bits per heavy atom. The van der Waals surface area contributed by atoms with Crippen LogP contribution in [0.3, 0.4) is 0 Å². The van der Waals surface area contributed by atoms with Crippen LogP contribution in [0.15, 0.2) is 42.5 Å². The predicted octanol–water partition coefficient (Wildman–Crippen LogP) is 4.57. The highest BCUT2D eigenvalue weighted by atomic mass is 16.5. The van der Waals surface area contributed by atoms with Gasteiger partial charge in [0.05, 0.1) is 0 Å². The fourth-order valence-electron chi connectivity index (χ4n) is 2.51. The topological polar surface area (TPSA) is 26.3 Å². The highest BCUT2D eigenvalue weighted by Crippen LogP contribution is 2.29. The molecule has 0 fully saturated rings. The second-order valence-electron chi connectivity index (χ2n) is 5.56. The summed E-state index contributed by atoms with van der Waals surface area (Å²) in [4.78, 5) is 10.7. The average molecular weight is 282 g/mol. The van der Waals surface area contributed by atoms with Gasteiger partial charge in [-0.05, 0) is 42.0 Å². The van der Waals surface area contributed by atoms with Crippen molar-refractivity contribution in [2.45, 2.75) is 39.7 Å². The summed E-state index contributed by atoms with van der Waals surface area (Å²) in [6, 6.07) is 14.4. The van der Waals surface area contributed by atoms with Crippen molar-refractivity contribution in [2.24, 2.45) is 0 Å². The van der Waals surface area contributed by atoms with Crippen LogP contribution >= 0.6 is 0 Å². The van der Waals surface area contributed by atoms with E-state index in [0.29, 0.717) is 13.0 Å².